The third kappa shape index (κ3) is 3.94. The van der Waals surface area contributed by atoms with Gasteiger partial charge in [0, 0.05) is 6.54 Å². The summed E-state index contributed by atoms with van der Waals surface area (Å²) in [7, 11) is 3.06. The molecule has 1 aromatic rings. The van der Waals surface area contributed by atoms with Gasteiger partial charge in [0.05, 0.1) is 14.2 Å². The van der Waals surface area contributed by atoms with Gasteiger partial charge in [0.1, 0.15) is 0 Å². The Balaban J connectivity index is 1.91. The second-order valence-corrected chi connectivity index (χ2v) is 5.14. The summed E-state index contributed by atoms with van der Waals surface area (Å²) in [6, 6.07) is 0.540. The first-order chi connectivity index (χ1) is 9.21. The molecule has 1 N–H and O–H groups in total. The van der Waals surface area contributed by atoms with E-state index in [2.05, 4.69) is 27.2 Å². The number of nitrogens with one attached hydrogen (secondary N) is 1. The van der Waals surface area contributed by atoms with E-state index in [9.17, 15) is 0 Å². The summed E-state index contributed by atoms with van der Waals surface area (Å²) in [5.74, 6) is 2.08. The molecule has 0 aromatic carbocycles. The maximum absolute atomic E-state index is 5.02. The number of aromatic nitrogens is 3. The summed E-state index contributed by atoms with van der Waals surface area (Å²) < 4.78 is 10.0. The van der Waals surface area contributed by atoms with Crippen LogP contribution in [0.5, 0.6) is 12.0 Å². The Morgan fingerprint density at radius 1 is 1.00 bits per heavy atom. The Hall–Kier alpha value is -1.59. The molecule has 0 amide bonds. The van der Waals surface area contributed by atoms with Gasteiger partial charge in [0.15, 0.2) is 0 Å². The van der Waals surface area contributed by atoms with E-state index >= 15 is 0 Å². The number of rotatable bonds is 5. The van der Waals surface area contributed by atoms with Gasteiger partial charge in [0.25, 0.3) is 0 Å². The Morgan fingerprint density at radius 3 is 2.11 bits per heavy atom. The minimum atomic E-state index is 0.270. The van der Waals surface area contributed by atoms with E-state index in [1.54, 1.807) is 0 Å². The largest absolute Gasteiger partial charge is 0.467 e. The van der Waals surface area contributed by atoms with Crippen LogP contribution >= 0.6 is 0 Å². The highest BCUT2D eigenvalue weighted by molar-refractivity contribution is 5.27. The van der Waals surface area contributed by atoms with Crippen LogP contribution in [0, 0.1) is 11.8 Å². The van der Waals surface area contributed by atoms with Crippen molar-refractivity contribution in [1.82, 2.24) is 15.0 Å². The molecular formula is C13H22N4O2. The highest BCUT2D eigenvalue weighted by atomic mass is 16.5. The number of nitrogens with zero attached hydrogens (tertiary/aromatic N) is 3. The Kier molecular flexibility index (Phi) is 4.76. The van der Waals surface area contributed by atoms with Gasteiger partial charge >= 0.3 is 12.0 Å². The van der Waals surface area contributed by atoms with Crippen LogP contribution in [-0.4, -0.2) is 35.7 Å². The lowest BCUT2D eigenvalue weighted by atomic mass is 9.83. The first-order valence-electron chi connectivity index (χ1n) is 6.79. The monoisotopic (exact) mass is 266 g/mol. The zero-order chi connectivity index (χ0) is 13.7. The lowest BCUT2D eigenvalue weighted by molar-refractivity contribution is 0.299. The SMILES string of the molecule is COc1nc(NCC2CCC(C)CC2)nc(OC)n1. The molecule has 6 nitrogen and oxygen atoms in total. The molecule has 0 saturated heterocycles. The molecule has 1 aliphatic rings. The average molecular weight is 266 g/mol. The number of hydrogen-bond donors (Lipinski definition) is 1. The van der Waals surface area contributed by atoms with Gasteiger partial charge in [-0.3, -0.25) is 0 Å². The molecule has 0 unspecified atom stereocenters. The van der Waals surface area contributed by atoms with Crippen molar-refractivity contribution in [3.05, 3.63) is 0 Å². The van der Waals surface area contributed by atoms with Crippen LogP contribution in [0.4, 0.5) is 5.95 Å². The summed E-state index contributed by atoms with van der Waals surface area (Å²) in [5, 5.41) is 3.26. The van der Waals surface area contributed by atoms with E-state index in [1.807, 2.05) is 0 Å². The van der Waals surface area contributed by atoms with Crippen LogP contribution in [0.25, 0.3) is 0 Å². The lowest BCUT2D eigenvalue weighted by Crippen LogP contribution is -2.21. The van der Waals surface area contributed by atoms with Crippen molar-refractivity contribution < 1.29 is 9.47 Å². The van der Waals surface area contributed by atoms with Crippen molar-refractivity contribution in [1.29, 1.82) is 0 Å². The van der Waals surface area contributed by atoms with E-state index in [4.69, 9.17) is 9.47 Å². The molecule has 2 rings (SSSR count). The smallest absolute Gasteiger partial charge is 0.324 e. The highest BCUT2D eigenvalue weighted by Crippen LogP contribution is 2.28. The summed E-state index contributed by atoms with van der Waals surface area (Å²) >= 11 is 0. The zero-order valence-corrected chi connectivity index (χ0v) is 11.8. The van der Waals surface area contributed by atoms with Gasteiger partial charge in [-0.25, -0.2) is 0 Å². The molecule has 1 aromatic heterocycles. The van der Waals surface area contributed by atoms with E-state index in [1.165, 1.54) is 39.9 Å². The Bertz CT molecular complexity index is 383. The maximum atomic E-state index is 5.02. The second-order valence-electron chi connectivity index (χ2n) is 5.14. The van der Waals surface area contributed by atoms with Crippen LogP contribution in [0.15, 0.2) is 0 Å². The number of methoxy groups -OCH3 is 2. The second kappa shape index (κ2) is 6.54. The van der Waals surface area contributed by atoms with Gasteiger partial charge in [-0.15, -0.1) is 4.98 Å². The number of anilines is 1. The fourth-order valence-corrected chi connectivity index (χ4v) is 2.37. The van der Waals surface area contributed by atoms with Crippen molar-refractivity contribution in [2.45, 2.75) is 32.6 Å². The molecule has 19 heavy (non-hydrogen) atoms. The minimum Gasteiger partial charge on any atom is -0.467 e. The fraction of sp³-hybridized carbons (Fsp3) is 0.769. The van der Waals surface area contributed by atoms with Crippen LogP contribution in [0.2, 0.25) is 0 Å². The molecule has 0 spiro atoms. The maximum Gasteiger partial charge on any atom is 0.324 e. The molecule has 1 heterocycles. The van der Waals surface area contributed by atoms with Crippen LogP contribution in [0.3, 0.4) is 0 Å². The van der Waals surface area contributed by atoms with Gasteiger partial charge in [0.2, 0.25) is 5.95 Å². The first-order valence-corrected chi connectivity index (χ1v) is 6.79. The molecular weight excluding hydrogens is 244 g/mol. The first kappa shape index (κ1) is 13.8. The summed E-state index contributed by atoms with van der Waals surface area (Å²) in [6.07, 6.45) is 5.17. The molecule has 1 saturated carbocycles. The Labute approximate surface area is 114 Å². The van der Waals surface area contributed by atoms with Gasteiger partial charge in [-0.05, 0) is 24.7 Å². The topological polar surface area (TPSA) is 69.2 Å². The van der Waals surface area contributed by atoms with Gasteiger partial charge in [-0.1, -0.05) is 19.8 Å². The molecule has 0 bridgehead atoms. The van der Waals surface area contributed by atoms with E-state index in [0.29, 0.717) is 11.9 Å². The van der Waals surface area contributed by atoms with Gasteiger partial charge in [-0.2, -0.15) is 9.97 Å². The molecule has 1 fully saturated rings. The minimum absolute atomic E-state index is 0.270. The Morgan fingerprint density at radius 2 is 1.58 bits per heavy atom. The van der Waals surface area contributed by atoms with Crippen LogP contribution in [0.1, 0.15) is 32.6 Å². The normalized spacial score (nSPS) is 22.9. The van der Waals surface area contributed by atoms with Crippen molar-refractivity contribution >= 4 is 5.95 Å². The standard InChI is InChI=1S/C13H22N4O2/c1-9-4-6-10(7-5-9)8-14-11-15-12(18-2)17-13(16-11)19-3/h9-10H,4-8H2,1-3H3,(H,14,15,16,17). The van der Waals surface area contributed by atoms with E-state index in [-0.39, 0.29) is 12.0 Å². The molecule has 6 heteroatoms. The molecule has 0 aliphatic heterocycles. The van der Waals surface area contributed by atoms with Crippen LogP contribution < -0.4 is 14.8 Å². The summed E-state index contributed by atoms with van der Waals surface area (Å²) in [4.78, 5) is 12.3. The van der Waals surface area contributed by atoms with Crippen molar-refractivity contribution in [2.75, 3.05) is 26.1 Å². The molecule has 106 valence electrons. The highest BCUT2D eigenvalue weighted by Gasteiger charge is 2.18. The van der Waals surface area contributed by atoms with E-state index < -0.39 is 0 Å². The van der Waals surface area contributed by atoms with Crippen molar-refractivity contribution in [3.8, 4) is 12.0 Å². The van der Waals surface area contributed by atoms with E-state index in [0.717, 1.165) is 12.5 Å². The average Bonchev–Trinajstić information content (AvgIpc) is 2.46. The van der Waals surface area contributed by atoms with Crippen molar-refractivity contribution in [2.24, 2.45) is 11.8 Å². The predicted molar refractivity (Wildman–Crippen MR) is 72.5 cm³/mol. The lowest BCUT2D eigenvalue weighted by Gasteiger charge is -2.26. The summed E-state index contributed by atoms with van der Waals surface area (Å²) in [5.41, 5.74) is 0. The van der Waals surface area contributed by atoms with Crippen LogP contribution in [-0.2, 0) is 0 Å². The number of hydrogen-bond acceptors (Lipinski definition) is 6. The third-order valence-electron chi connectivity index (χ3n) is 3.64. The molecule has 1 aliphatic carbocycles. The quantitative estimate of drug-likeness (QED) is 0.880. The summed E-state index contributed by atoms with van der Waals surface area (Å²) in [6.45, 7) is 3.22. The molecule has 0 atom stereocenters. The zero-order valence-electron chi connectivity index (χ0n) is 11.8. The van der Waals surface area contributed by atoms with Gasteiger partial charge < -0.3 is 14.8 Å². The predicted octanol–water partition coefficient (Wildman–Crippen LogP) is 2.13. The number of ether oxygens (including phenoxy) is 2. The molecule has 0 radical (unpaired) electrons. The third-order valence-corrected chi connectivity index (χ3v) is 3.64. The van der Waals surface area contributed by atoms with Crippen molar-refractivity contribution in [3.63, 3.8) is 0 Å². The fourth-order valence-electron chi connectivity index (χ4n) is 2.37.